The molecule has 124 valence electrons. The Morgan fingerprint density at radius 2 is 2.00 bits per heavy atom. The van der Waals surface area contributed by atoms with E-state index in [0.717, 1.165) is 18.4 Å². The fraction of sp³-hybridized carbons (Fsp3) is 0.412. The molecule has 0 aromatic carbocycles. The van der Waals surface area contributed by atoms with E-state index in [2.05, 4.69) is 19.9 Å². The minimum atomic E-state index is -0.156. The van der Waals surface area contributed by atoms with Crippen molar-refractivity contribution in [3.8, 4) is 17.1 Å². The zero-order valence-electron chi connectivity index (χ0n) is 13.3. The number of aromatic amines is 1. The van der Waals surface area contributed by atoms with Crippen molar-refractivity contribution in [1.29, 1.82) is 0 Å². The normalized spacial score (nSPS) is 15.8. The van der Waals surface area contributed by atoms with Crippen molar-refractivity contribution in [2.75, 3.05) is 0 Å². The summed E-state index contributed by atoms with van der Waals surface area (Å²) >= 11 is 0. The molecule has 0 aliphatic heterocycles. The molecule has 0 saturated heterocycles. The number of fused-ring (bicyclic) bond motifs is 1. The third-order valence-corrected chi connectivity index (χ3v) is 4.69. The van der Waals surface area contributed by atoms with Crippen LogP contribution >= 0.6 is 0 Å². The van der Waals surface area contributed by atoms with Gasteiger partial charge < -0.3 is 5.11 Å². The van der Waals surface area contributed by atoms with Crippen LogP contribution in [0.3, 0.4) is 0 Å². The van der Waals surface area contributed by atoms with Gasteiger partial charge >= 0.3 is 5.69 Å². The van der Waals surface area contributed by atoms with E-state index >= 15 is 0 Å². The van der Waals surface area contributed by atoms with Crippen LogP contribution in [0.15, 0.2) is 29.3 Å². The largest absolute Gasteiger partial charge is 0.493 e. The Kier molecular flexibility index (Phi) is 3.76. The third kappa shape index (κ3) is 2.77. The Hall–Kier alpha value is -2.70. The van der Waals surface area contributed by atoms with Crippen LogP contribution in [0.25, 0.3) is 22.6 Å². The maximum Gasteiger partial charge on any atom is 0.328 e. The predicted molar refractivity (Wildman–Crippen MR) is 89.6 cm³/mol. The highest BCUT2D eigenvalue weighted by Crippen LogP contribution is 2.26. The summed E-state index contributed by atoms with van der Waals surface area (Å²) in [5, 5.41) is 9.31. The van der Waals surface area contributed by atoms with E-state index in [-0.39, 0.29) is 11.6 Å². The van der Waals surface area contributed by atoms with E-state index in [0.29, 0.717) is 29.5 Å². The number of H-pyrrole nitrogens is 1. The third-order valence-electron chi connectivity index (χ3n) is 4.69. The van der Waals surface area contributed by atoms with E-state index in [1.165, 1.54) is 25.3 Å². The summed E-state index contributed by atoms with van der Waals surface area (Å²) < 4.78 is 1.70. The van der Waals surface area contributed by atoms with Crippen LogP contribution < -0.4 is 5.69 Å². The Morgan fingerprint density at radius 1 is 1.17 bits per heavy atom. The van der Waals surface area contributed by atoms with Gasteiger partial charge in [-0.2, -0.15) is 0 Å². The summed E-state index contributed by atoms with van der Waals surface area (Å²) in [5.41, 5.74) is 2.31. The molecular formula is C17H19N5O2. The number of pyridine rings is 1. The number of nitrogens with one attached hydrogen (secondary N) is 1. The van der Waals surface area contributed by atoms with Gasteiger partial charge in [-0.25, -0.2) is 19.7 Å². The van der Waals surface area contributed by atoms with Crippen LogP contribution in [0.5, 0.6) is 5.88 Å². The molecule has 3 aromatic heterocycles. The highest BCUT2D eigenvalue weighted by molar-refractivity contribution is 5.70. The molecule has 0 bridgehead atoms. The Bertz CT molecular complexity index is 907. The number of aromatic nitrogens is 5. The number of aromatic hydroxyl groups is 1. The first-order valence-corrected chi connectivity index (χ1v) is 8.31. The van der Waals surface area contributed by atoms with Crippen molar-refractivity contribution in [1.82, 2.24) is 24.5 Å². The lowest BCUT2D eigenvalue weighted by atomic mass is 9.89. The molecule has 3 heterocycles. The predicted octanol–water partition coefficient (Wildman–Crippen LogP) is 2.47. The summed E-state index contributed by atoms with van der Waals surface area (Å²) in [5.74, 6) is 0.486. The molecule has 1 aliphatic carbocycles. The van der Waals surface area contributed by atoms with Gasteiger partial charge in [0.15, 0.2) is 11.3 Å². The van der Waals surface area contributed by atoms with Crippen LogP contribution in [-0.2, 0) is 6.54 Å². The molecule has 0 spiro atoms. The average Bonchev–Trinajstić information content (AvgIpc) is 2.91. The maximum atomic E-state index is 12.3. The van der Waals surface area contributed by atoms with Gasteiger partial charge in [0.05, 0.1) is 11.9 Å². The summed E-state index contributed by atoms with van der Waals surface area (Å²) in [6.07, 6.45) is 9.23. The smallest absolute Gasteiger partial charge is 0.328 e. The summed E-state index contributed by atoms with van der Waals surface area (Å²) in [7, 11) is 0. The second-order valence-electron chi connectivity index (χ2n) is 6.38. The van der Waals surface area contributed by atoms with E-state index in [4.69, 9.17) is 0 Å². The highest BCUT2D eigenvalue weighted by Gasteiger charge is 2.18. The van der Waals surface area contributed by atoms with Crippen LogP contribution in [0.1, 0.15) is 32.1 Å². The van der Waals surface area contributed by atoms with Gasteiger partial charge in [-0.3, -0.25) is 9.55 Å². The molecule has 1 saturated carbocycles. The van der Waals surface area contributed by atoms with Crippen LogP contribution in [0.4, 0.5) is 0 Å². The lowest BCUT2D eigenvalue weighted by Gasteiger charge is -2.21. The van der Waals surface area contributed by atoms with E-state index in [1.807, 2.05) is 0 Å². The zero-order valence-corrected chi connectivity index (χ0v) is 13.3. The van der Waals surface area contributed by atoms with Gasteiger partial charge in [-0.1, -0.05) is 19.3 Å². The molecule has 1 fully saturated rings. The Balaban J connectivity index is 1.73. The van der Waals surface area contributed by atoms with Crippen LogP contribution in [0.2, 0.25) is 0 Å². The van der Waals surface area contributed by atoms with Gasteiger partial charge in [0.2, 0.25) is 5.88 Å². The topological polar surface area (TPSA) is 96.7 Å². The standard InChI is InChI=1S/C17H19N5O2/c23-14-7-6-12(8-18-14)13-9-19-15-16(20-13)22(17(24)21-15)10-11-4-2-1-3-5-11/h6-9,11H,1-5,10H2,(H,18,23)(H,19,21,24). The first kappa shape index (κ1) is 14.9. The molecule has 24 heavy (non-hydrogen) atoms. The van der Waals surface area contributed by atoms with Gasteiger partial charge in [-0.05, 0) is 24.8 Å². The first-order valence-electron chi connectivity index (χ1n) is 8.31. The molecule has 0 radical (unpaired) electrons. The summed E-state index contributed by atoms with van der Waals surface area (Å²) in [6.45, 7) is 0.685. The number of hydrogen-bond acceptors (Lipinski definition) is 5. The van der Waals surface area contributed by atoms with E-state index in [1.54, 1.807) is 23.0 Å². The highest BCUT2D eigenvalue weighted by atomic mass is 16.3. The van der Waals surface area contributed by atoms with E-state index < -0.39 is 0 Å². The second-order valence-corrected chi connectivity index (χ2v) is 6.38. The number of nitrogens with zero attached hydrogens (tertiary/aromatic N) is 4. The molecular weight excluding hydrogens is 306 g/mol. The van der Waals surface area contributed by atoms with Crippen molar-refractivity contribution >= 4 is 11.3 Å². The number of rotatable bonds is 3. The molecule has 1 aliphatic rings. The summed E-state index contributed by atoms with van der Waals surface area (Å²) in [4.78, 5) is 27.9. The quantitative estimate of drug-likeness (QED) is 0.771. The van der Waals surface area contributed by atoms with Gasteiger partial charge in [0.25, 0.3) is 0 Å². The monoisotopic (exact) mass is 325 g/mol. The second kappa shape index (κ2) is 6.07. The first-order chi connectivity index (χ1) is 11.7. The molecule has 0 unspecified atom stereocenters. The van der Waals surface area contributed by atoms with Crippen molar-refractivity contribution in [3.63, 3.8) is 0 Å². The van der Waals surface area contributed by atoms with Crippen molar-refractivity contribution < 1.29 is 5.11 Å². The molecule has 7 nitrogen and oxygen atoms in total. The van der Waals surface area contributed by atoms with Crippen LogP contribution in [-0.4, -0.2) is 29.6 Å². The number of hydrogen-bond donors (Lipinski definition) is 2. The SMILES string of the molecule is O=c1[nH]c2ncc(-c3ccc(O)nc3)nc2n1CC1CCCCC1. The maximum absolute atomic E-state index is 12.3. The lowest BCUT2D eigenvalue weighted by Crippen LogP contribution is -2.23. The van der Waals surface area contributed by atoms with Gasteiger partial charge in [0, 0.05) is 24.4 Å². The van der Waals surface area contributed by atoms with Crippen molar-refractivity contribution in [3.05, 3.63) is 35.0 Å². The van der Waals surface area contributed by atoms with Crippen molar-refractivity contribution in [2.45, 2.75) is 38.6 Å². The van der Waals surface area contributed by atoms with Gasteiger partial charge in [0.1, 0.15) is 0 Å². The minimum Gasteiger partial charge on any atom is -0.493 e. The minimum absolute atomic E-state index is 0.0383. The Labute approximate surface area is 138 Å². The van der Waals surface area contributed by atoms with E-state index in [9.17, 15) is 9.90 Å². The fourth-order valence-corrected chi connectivity index (χ4v) is 3.39. The Morgan fingerprint density at radius 3 is 2.75 bits per heavy atom. The molecule has 4 rings (SSSR count). The van der Waals surface area contributed by atoms with Crippen molar-refractivity contribution in [2.24, 2.45) is 5.92 Å². The van der Waals surface area contributed by atoms with Gasteiger partial charge in [-0.15, -0.1) is 0 Å². The fourth-order valence-electron chi connectivity index (χ4n) is 3.39. The molecule has 7 heteroatoms. The average molecular weight is 325 g/mol. The molecule has 3 aromatic rings. The molecule has 0 atom stereocenters. The molecule has 0 amide bonds. The summed E-state index contributed by atoms with van der Waals surface area (Å²) in [6, 6.07) is 3.24. The van der Waals surface area contributed by atoms with Crippen LogP contribution in [0, 0.1) is 5.92 Å². The molecule has 2 N–H and O–H groups in total. The number of imidazole rings is 1. The zero-order chi connectivity index (χ0) is 16.5. The lowest BCUT2D eigenvalue weighted by molar-refractivity contribution is 0.319.